The summed E-state index contributed by atoms with van der Waals surface area (Å²) in [5.74, 6) is 0.343. The Morgan fingerprint density at radius 1 is 1.12 bits per heavy atom. The van der Waals surface area contributed by atoms with Gasteiger partial charge >= 0.3 is 5.97 Å². The number of quaternary nitrogens is 1. The van der Waals surface area contributed by atoms with Gasteiger partial charge in [0, 0.05) is 23.2 Å². The molecule has 0 saturated carbocycles. The third kappa shape index (κ3) is 4.97. The van der Waals surface area contributed by atoms with Crippen LogP contribution in [0, 0.1) is 13.8 Å². The maximum Gasteiger partial charge on any atom is 0.364 e. The molecule has 0 radical (unpaired) electrons. The van der Waals surface area contributed by atoms with Gasteiger partial charge in [-0.05, 0) is 50.2 Å². The van der Waals surface area contributed by atoms with Gasteiger partial charge in [-0.3, -0.25) is 4.79 Å². The van der Waals surface area contributed by atoms with Crippen LogP contribution in [0.5, 0.6) is 5.75 Å². The Labute approximate surface area is 199 Å². The van der Waals surface area contributed by atoms with Crippen molar-refractivity contribution >= 4 is 11.9 Å². The van der Waals surface area contributed by atoms with Crippen molar-refractivity contribution in [1.29, 1.82) is 0 Å². The molecule has 3 unspecified atom stereocenters. The van der Waals surface area contributed by atoms with Crippen molar-refractivity contribution in [1.82, 2.24) is 15.1 Å². The molecule has 3 aromatic rings. The molecule has 1 fully saturated rings. The molecule has 4 rings (SSSR count). The second-order valence-electron chi connectivity index (χ2n) is 8.72. The monoisotopic (exact) mass is 463 g/mol. The normalized spacial score (nSPS) is 19.6. The smallest absolute Gasteiger partial charge is 0.364 e. The zero-order chi connectivity index (χ0) is 24.2. The second kappa shape index (κ2) is 10.1. The number of rotatable bonds is 7. The molecular weight excluding hydrogens is 432 g/mol. The Morgan fingerprint density at radius 2 is 1.91 bits per heavy atom. The number of ether oxygens (including phenoxy) is 2. The quantitative estimate of drug-likeness (QED) is 0.520. The molecule has 8 nitrogen and oxygen atoms in total. The van der Waals surface area contributed by atoms with Crippen molar-refractivity contribution in [3.8, 4) is 11.4 Å². The number of esters is 1. The van der Waals surface area contributed by atoms with Crippen molar-refractivity contribution in [2.75, 3.05) is 20.8 Å². The van der Waals surface area contributed by atoms with E-state index in [1.54, 1.807) is 13.2 Å². The summed E-state index contributed by atoms with van der Waals surface area (Å²) in [4.78, 5) is 26.6. The lowest BCUT2D eigenvalue weighted by molar-refractivity contribution is -0.918. The first-order valence-corrected chi connectivity index (χ1v) is 11.4. The van der Waals surface area contributed by atoms with Gasteiger partial charge in [-0.25, -0.2) is 9.48 Å². The largest absolute Gasteiger partial charge is 0.496 e. The van der Waals surface area contributed by atoms with E-state index in [1.807, 2.05) is 67.1 Å². The highest BCUT2D eigenvalue weighted by atomic mass is 16.5. The number of nitrogens with one attached hydrogen (secondary N) is 2. The van der Waals surface area contributed by atoms with Crippen LogP contribution in [-0.4, -0.2) is 54.5 Å². The Balaban J connectivity index is 1.49. The molecule has 0 bridgehead atoms. The van der Waals surface area contributed by atoms with E-state index in [4.69, 9.17) is 9.47 Å². The van der Waals surface area contributed by atoms with Gasteiger partial charge in [0.25, 0.3) is 5.91 Å². The van der Waals surface area contributed by atoms with Gasteiger partial charge in [0.15, 0.2) is 6.04 Å². The van der Waals surface area contributed by atoms with Crippen molar-refractivity contribution in [2.45, 2.75) is 38.9 Å². The first kappa shape index (κ1) is 23.5. The van der Waals surface area contributed by atoms with Crippen LogP contribution in [-0.2, 0) is 16.1 Å². The summed E-state index contributed by atoms with van der Waals surface area (Å²) in [7, 11) is 3.04. The van der Waals surface area contributed by atoms with Crippen LogP contribution in [0.15, 0.2) is 54.6 Å². The summed E-state index contributed by atoms with van der Waals surface area (Å²) in [5, 5.41) is 7.63. The van der Waals surface area contributed by atoms with Crippen LogP contribution in [0.1, 0.15) is 33.7 Å². The molecule has 178 valence electrons. The standard InChI is InChI=1S/C26H30N4O4/c1-17-12-18(2)30(28-17)22-10-7-9-19(13-22)25(31)27-21-14-23(26(32)34-4)29(16-21)15-20-8-5-6-11-24(20)33-3/h5-13,21,23H,14-16H2,1-4H3,(H,27,31)/p+1. The molecule has 8 heteroatoms. The number of para-hydroxylation sites is 1. The summed E-state index contributed by atoms with van der Waals surface area (Å²) < 4.78 is 12.4. The number of nitrogens with zero attached hydrogens (tertiary/aromatic N) is 2. The summed E-state index contributed by atoms with van der Waals surface area (Å²) >= 11 is 0. The lowest BCUT2D eigenvalue weighted by Gasteiger charge is -2.20. The minimum absolute atomic E-state index is 0.154. The number of amides is 1. The van der Waals surface area contributed by atoms with Crippen molar-refractivity contribution in [3.63, 3.8) is 0 Å². The number of likely N-dealkylation sites (tertiary alicyclic amines) is 1. The number of carbonyl (C=O) groups is 2. The molecule has 1 saturated heterocycles. The molecule has 0 aliphatic carbocycles. The lowest BCUT2D eigenvalue weighted by Crippen LogP contribution is -3.14. The van der Waals surface area contributed by atoms with Gasteiger partial charge in [0.2, 0.25) is 0 Å². The maximum absolute atomic E-state index is 13.1. The van der Waals surface area contributed by atoms with Gasteiger partial charge in [-0.15, -0.1) is 0 Å². The number of benzene rings is 2. The first-order chi connectivity index (χ1) is 16.4. The number of aryl methyl sites for hydroxylation is 2. The molecule has 2 aromatic carbocycles. The Bertz CT molecular complexity index is 1190. The number of carbonyl (C=O) groups excluding carboxylic acids is 2. The number of aromatic nitrogens is 2. The molecule has 1 amide bonds. The van der Waals surface area contributed by atoms with Crippen LogP contribution >= 0.6 is 0 Å². The van der Waals surface area contributed by atoms with E-state index in [9.17, 15) is 9.59 Å². The highest BCUT2D eigenvalue weighted by Crippen LogP contribution is 2.18. The fourth-order valence-electron chi connectivity index (χ4n) is 4.74. The zero-order valence-electron chi connectivity index (χ0n) is 20.0. The molecule has 0 spiro atoms. The molecule has 2 heterocycles. The predicted molar refractivity (Wildman–Crippen MR) is 127 cm³/mol. The highest BCUT2D eigenvalue weighted by molar-refractivity contribution is 5.95. The summed E-state index contributed by atoms with van der Waals surface area (Å²) in [5.41, 5.74) is 4.32. The highest BCUT2D eigenvalue weighted by Gasteiger charge is 2.42. The fourth-order valence-corrected chi connectivity index (χ4v) is 4.74. The molecule has 2 N–H and O–H groups in total. The number of hydrogen-bond acceptors (Lipinski definition) is 5. The number of hydrogen-bond donors (Lipinski definition) is 2. The topological polar surface area (TPSA) is 86.9 Å². The maximum atomic E-state index is 13.1. The average molecular weight is 464 g/mol. The number of methoxy groups -OCH3 is 2. The molecule has 1 aromatic heterocycles. The SMILES string of the molecule is COC(=O)C1CC(NC(=O)c2cccc(-n3nc(C)cc3C)c2)C[NH+]1Cc1ccccc1OC. The minimum Gasteiger partial charge on any atom is -0.496 e. The molecular formula is C26H31N4O4+. The second-order valence-corrected chi connectivity index (χ2v) is 8.72. The summed E-state index contributed by atoms with van der Waals surface area (Å²) in [6, 6.07) is 16.7. The summed E-state index contributed by atoms with van der Waals surface area (Å²) in [6.45, 7) is 5.14. The van der Waals surface area contributed by atoms with Gasteiger partial charge in [0.1, 0.15) is 12.3 Å². The van der Waals surface area contributed by atoms with Crippen molar-refractivity contribution in [2.24, 2.45) is 0 Å². The van der Waals surface area contributed by atoms with E-state index in [-0.39, 0.29) is 24.0 Å². The first-order valence-electron chi connectivity index (χ1n) is 11.4. The molecule has 3 atom stereocenters. The van der Waals surface area contributed by atoms with E-state index in [0.717, 1.165) is 33.3 Å². The fraction of sp³-hybridized carbons (Fsp3) is 0.346. The molecule has 1 aliphatic heterocycles. The summed E-state index contributed by atoms with van der Waals surface area (Å²) in [6.07, 6.45) is 0.514. The minimum atomic E-state index is -0.360. The third-order valence-electron chi connectivity index (χ3n) is 6.32. The van der Waals surface area contributed by atoms with E-state index >= 15 is 0 Å². The molecule has 34 heavy (non-hydrogen) atoms. The van der Waals surface area contributed by atoms with Gasteiger partial charge in [-0.1, -0.05) is 18.2 Å². The molecule has 1 aliphatic rings. The van der Waals surface area contributed by atoms with Crippen LogP contribution < -0.4 is 15.0 Å². The Kier molecular flexibility index (Phi) is 6.98. The third-order valence-corrected chi connectivity index (χ3v) is 6.32. The van der Waals surface area contributed by atoms with Crippen molar-refractivity contribution < 1.29 is 24.0 Å². The van der Waals surface area contributed by atoms with Gasteiger partial charge in [-0.2, -0.15) is 5.10 Å². The Hall–Kier alpha value is -3.65. The lowest BCUT2D eigenvalue weighted by atomic mass is 10.1. The zero-order valence-corrected chi connectivity index (χ0v) is 20.0. The van der Waals surface area contributed by atoms with Crippen LogP contribution in [0.4, 0.5) is 0 Å². The van der Waals surface area contributed by atoms with Crippen LogP contribution in [0.3, 0.4) is 0 Å². The van der Waals surface area contributed by atoms with Crippen molar-refractivity contribution in [3.05, 3.63) is 77.1 Å². The van der Waals surface area contributed by atoms with E-state index in [2.05, 4.69) is 10.4 Å². The van der Waals surface area contributed by atoms with E-state index in [1.165, 1.54) is 7.11 Å². The average Bonchev–Trinajstić information content (AvgIpc) is 3.40. The predicted octanol–water partition coefficient (Wildman–Crippen LogP) is 1.63. The Morgan fingerprint density at radius 3 is 2.62 bits per heavy atom. The van der Waals surface area contributed by atoms with Gasteiger partial charge < -0.3 is 19.7 Å². The van der Waals surface area contributed by atoms with E-state index in [0.29, 0.717) is 25.1 Å². The van der Waals surface area contributed by atoms with Gasteiger partial charge in [0.05, 0.1) is 38.2 Å². The van der Waals surface area contributed by atoms with E-state index < -0.39 is 0 Å². The van der Waals surface area contributed by atoms with Crippen LogP contribution in [0.25, 0.3) is 5.69 Å². The van der Waals surface area contributed by atoms with Crippen LogP contribution in [0.2, 0.25) is 0 Å².